The van der Waals surface area contributed by atoms with Crippen LogP contribution in [0.4, 0.5) is 0 Å². The van der Waals surface area contributed by atoms with Gasteiger partial charge in [-0.25, -0.2) is 4.98 Å². The molecule has 0 N–H and O–H groups in total. The van der Waals surface area contributed by atoms with E-state index in [-0.39, 0.29) is 11.2 Å². The van der Waals surface area contributed by atoms with Gasteiger partial charge in [0.2, 0.25) is 0 Å². The summed E-state index contributed by atoms with van der Waals surface area (Å²) in [5.41, 5.74) is 3.98. The topological polar surface area (TPSA) is 44.1 Å². The van der Waals surface area contributed by atoms with E-state index in [1.54, 1.807) is 27.7 Å². The third-order valence-corrected chi connectivity index (χ3v) is 7.74. The standard InChI is InChI=1S/C23H26N2O2S2/c1-6-23(5)11-17-18(12-27-23)29-20-19(17)21(26)25(16-9-7-15(4)8-10-16)22(24-20)28-13-14(2)3/h7-10H,2,6,11-13H2,1,3-5H3. The van der Waals surface area contributed by atoms with Crippen molar-refractivity contribution in [1.82, 2.24) is 9.55 Å². The lowest BCUT2D eigenvalue weighted by molar-refractivity contribution is -0.0543. The highest BCUT2D eigenvalue weighted by molar-refractivity contribution is 7.99. The second kappa shape index (κ2) is 7.74. The van der Waals surface area contributed by atoms with E-state index in [2.05, 4.69) is 20.4 Å². The molecule has 0 saturated carbocycles. The Morgan fingerprint density at radius 1 is 1.38 bits per heavy atom. The first-order valence-electron chi connectivity index (χ1n) is 9.87. The first-order chi connectivity index (χ1) is 13.8. The Balaban J connectivity index is 1.95. The summed E-state index contributed by atoms with van der Waals surface area (Å²) >= 11 is 3.16. The van der Waals surface area contributed by atoms with Gasteiger partial charge in [0, 0.05) is 17.1 Å². The zero-order chi connectivity index (χ0) is 20.8. The number of nitrogens with zero attached hydrogens (tertiary/aromatic N) is 2. The Morgan fingerprint density at radius 2 is 2.10 bits per heavy atom. The van der Waals surface area contributed by atoms with Crippen molar-refractivity contribution in [3.63, 3.8) is 0 Å². The Bertz CT molecular complexity index is 1140. The van der Waals surface area contributed by atoms with Gasteiger partial charge in [-0.3, -0.25) is 9.36 Å². The summed E-state index contributed by atoms with van der Waals surface area (Å²) in [6.07, 6.45) is 1.66. The first-order valence-corrected chi connectivity index (χ1v) is 11.7. The predicted molar refractivity (Wildman–Crippen MR) is 123 cm³/mol. The molecule has 0 fully saturated rings. The summed E-state index contributed by atoms with van der Waals surface area (Å²) in [4.78, 5) is 20.6. The number of fused-ring (bicyclic) bond motifs is 3. The van der Waals surface area contributed by atoms with Gasteiger partial charge >= 0.3 is 0 Å². The maximum absolute atomic E-state index is 13.8. The fourth-order valence-electron chi connectivity index (χ4n) is 3.53. The molecule has 6 heteroatoms. The number of benzene rings is 1. The number of hydrogen-bond acceptors (Lipinski definition) is 5. The summed E-state index contributed by atoms with van der Waals surface area (Å²) in [7, 11) is 0. The molecule has 4 nitrogen and oxygen atoms in total. The monoisotopic (exact) mass is 426 g/mol. The van der Waals surface area contributed by atoms with Gasteiger partial charge in [-0.1, -0.05) is 48.5 Å². The molecule has 1 aliphatic heterocycles. The zero-order valence-corrected chi connectivity index (χ0v) is 19.0. The van der Waals surface area contributed by atoms with E-state index in [1.807, 2.05) is 38.1 Å². The Kier molecular flexibility index (Phi) is 5.44. The van der Waals surface area contributed by atoms with Crippen LogP contribution in [0.15, 0.2) is 46.4 Å². The Morgan fingerprint density at radius 3 is 2.76 bits per heavy atom. The molecule has 0 bridgehead atoms. The van der Waals surface area contributed by atoms with Gasteiger partial charge in [-0.15, -0.1) is 11.3 Å². The highest BCUT2D eigenvalue weighted by Crippen LogP contribution is 2.39. The van der Waals surface area contributed by atoms with E-state index >= 15 is 0 Å². The fraction of sp³-hybridized carbons (Fsp3) is 0.391. The van der Waals surface area contributed by atoms with Crippen molar-refractivity contribution in [2.24, 2.45) is 0 Å². The van der Waals surface area contributed by atoms with Crippen LogP contribution in [0.2, 0.25) is 0 Å². The molecule has 0 spiro atoms. The molecule has 3 heterocycles. The van der Waals surface area contributed by atoms with Crippen LogP contribution in [0.25, 0.3) is 15.9 Å². The predicted octanol–water partition coefficient (Wildman–Crippen LogP) is 5.67. The van der Waals surface area contributed by atoms with E-state index in [4.69, 9.17) is 9.72 Å². The number of thioether (sulfide) groups is 1. The van der Waals surface area contributed by atoms with Crippen LogP contribution >= 0.6 is 23.1 Å². The van der Waals surface area contributed by atoms with Crippen molar-refractivity contribution in [1.29, 1.82) is 0 Å². The van der Waals surface area contributed by atoms with Crippen molar-refractivity contribution in [3.05, 3.63) is 62.8 Å². The van der Waals surface area contributed by atoms with Crippen LogP contribution in [-0.2, 0) is 17.8 Å². The van der Waals surface area contributed by atoms with E-state index in [9.17, 15) is 4.79 Å². The van der Waals surface area contributed by atoms with Crippen molar-refractivity contribution < 1.29 is 4.74 Å². The molecule has 1 aliphatic rings. The van der Waals surface area contributed by atoms with Gasteiger partial charge < -0.3 is 4.74 Å². The molecule has 0 radical (unpaired) electrons. The molecular weight excluding hydrogens is 400 g/mol. The fourth-order valence-corrected chi connectivity index (χ4v) is 5.53. The maximum Gasteiger partial charge on any atom is 0.267 e. The molecule has 1 unspecified atom stereocenters. The van der Waals surface area contributed by atoms with Gasteiger partial charge in [0.15, 0.2) is 5.16 Å². The van der Waals surface area contributed by atoms with E-state index in [1.165, 1.54) is 0 Å². The van der Waals surface area contributed by atoms with Crippen molar-refractivity contribution >= 4 is 33.3 Å². The average Bonchev–Trinajstić information content (AvgIpc) is 3.05. The van der Waals surface area contributed by atoms with Crippen LogP contribution < -0.4 is 5.56 Å². The van der Waals surface area contributed by atoms with E-state index in [0.717, 1.165) is 56.1 Å². The van der Waals surface area contributed by atoms with Crippen LogP contribution in [0, 0.1) is 6.92 Å². The van der Waals surface area contributed by atoms with Crippen LogP contribution in [0.3, 0.4) is 0 Å². The highest BCUT2D eigenvalue weighted by Gasteiger charge is 2.33. The molecule has 3 aromatic rings. The number of hydrogen-bond donors (Lipinski definition) is 0. The smallest absolute Gasteiger partial charge is 0.267 e. The molecule has 1 aromatic carbocycles. The number of aromatic nitrogens is 2. The third kappa shape index (κ3) is 3.81. The summed E-state index contributed by atoms with van der Waals surface area (Å²) in [6.45, 7) is 12.9. The van der Waals surface area contributed by atoms with Gasteiger partial charge in [-0.05, 0) is 44.9 Å². The second-order valence-corrected chi connectivity index (χ2v) is 10.1. The van der Waals surface area contributed by atoms with Crippen LogP contribution in [0.1, 0.15) is 43.2 Å². The SMILES string of the molecule is C=C(C)CSc1nc2sc3c(c2c(=O)n1-c1ccc(C)cc1)CC(C)(CC)OC3. The Labute approximate surface area is 179 Å². The molecule has 4 rings (SSSR count). The molecule has 29 heavy (non-hydrogen) atoms. The molecule has 0 aliphatic carbocycles. The largest absolute Gasteiger partial charge is 0.369 e. The van der Waals surface area contributed by atoms with Crippen molar-refractivity contribution in [3.8, 4) is 5.69 Å². The highest BCUT2D eigenvalue weighted by atomic mass is 32.2. The van der Waals surface area contributed by atoms with Gasteiger partial charge in [-0.2, -0.15) is 0 Å². The lowest BCUT2D eigenvalue weighted by Gasteiger charge is -2.32. The minimum atomic E-state index is -0.227. The average molecular weight is 427 g/mol. The molecule has 0 amide bonds. The van der Waals surface area contributed by atoms with Crippen LogP contribution in [0.5, 0.6) is 0 Å². The normalized spacial score (nSPS) is 18.8. The summed E-state index contributed by atoms with van der Waals surface area (Å²) < 4.78 is 7.87. The number of thiophene rings is 1. The summed E-state index contributed by atoms with van der Waals surface area (Å²) in [5, 5.41) is 1.47. The van der Waals surface area contributed by atoms with Gasteiger partial charge in [0.1, 0.15) is 4.83 Å². The van der Waals surface area contributed by atoms with Crippen molar-refractivity contribution in [2.45, 2.75) is 57.9 Å². The maximum atomic E-state index is 13.8. The quantitative estimate of drug-likeness (QED) is 0.300. The van der Waals surface area contributed by atoms with Crippen molar-refractivity contribution in [2.75, 3.05) is 5.75 Å². The Hall–Kier alpha value is -1.89. The number of rotatable bonds is 5. The van der Waals surface area contributed by atoms with Gasteiger partial charge in [0.05, 0.1) is 23.3 Å². The number of ether oxygens (including phenoxy) is 1. The van der Waals surface area contributed by atoms with Crippen LogP contribution in [-0.4, -0.2) is 20.9 Å². The number of aryl methyl sites for hydroxylation is 1. The molecule has 1 atom stereocenters. The molecule has 0 saturated heterocycles. The summed E-state index contributed by atoms with van der Waals surface area (Å²) in [6, 6.07) is 8.05. The van der Waals surface area contributed by atoms with E-state index < -0.39 is 0 Å². The molecule has 152 valence electrons. The minimum Gasteiger partial charge on any atom is -0.369 e. The lowest BCUT2D eigenvalue weighted by Crippen LogP contribution is -2.34. The zero-order valence-electron chi connectivity index (χ0n) is 17.4. The van der Waals surface area contributed by atoms with E-state index in [0.29, 0.717) is 11.8 Å². The first kappa shape index (κ1) is 20.4. The second-order valence-electron chi connectivity index (χ2n) is 8.07. The lowest BCUT2D eigenvalue weighted by atomic mass is 9.90. The molecular formula is C23H26N2O2S2. The summed E-state index contributed by atoms with van der Waals surface area (Å²) in [5.74, 6) is 0.728. The molecule has 2 aromatic heterocycles. The van der Waals surface area contributed by atoms with Gasteiger partial charge in [0.25, 0.3) is 5.56 Å². The third-order valence-electron chi connectivity index (χ3n) is 5.47. The minimum absolute atomic E-state index is 0.0147.